The van der Waals surface area contributed by atoms with Gasteiger partial charge in [-0.25, -0.2) is 9.69 Å². The molecule has 0 N–H and O–H groups in total. The second-order valence-electron chi connectivity index (χ2n) is 3.63. The lowest BCUT2D eigenvalue weighted by Crippen LogP contribution is -2.39. The lowest BCUT2D eigenvalue weighted by atomic mass is 10.3. The molecule has 1 aliphatic rings. The van der Waals surface area contributed by atoms with Gasteiger partial charge in [0.05, 0.1) is 12.3 Å². The Bertz CT molecular complexity index is 430. The highest BCUT2D eigenvalue weighted by atomic mass is 16.6. The van der Waals surface area contributed by atoms with E-state index in [-0.39, 0.29) is 12.3 Å². The predicted molar refractivity (Wildman–Crippen MR) is 65.2 cm³/mol. The van der Waals surface area contributed by atoms with Gasteiger partial charge in [-0.3, -0.25) is 0 Å². The SMILES string of the molecule is C=CCC1Oc2ccccc2N1C(=O)OCC. The number of fused-ring (bicyclic) bond motifs is 1. The van der Waals surface area contributed by atoms with Crippen molar-refractivity contribution in [1.29, 1.82) is 0 Å². The molecule has 0 fully saturated rings. The van der Waals surface area contributed by atoms with Crippen LogP contribution in [0.2, 0.25) is 0 Å². The molecule has 1 amide bonds. The van der Waals surface area contributed by atoms with Crippen LogP contribution in [0, 0.1) is 0 Å². The molecule has 0 spiro atoms. The largest absolute Gasteiger partial charge is 0.467 e. The Morgan fingerprint density at radius 2 is 2.35 bits per heavy atom. The molecule has 17 heavy (non-hydrogen) atoms. The van der Waals surface area contributed by atoms with Gasteiger partial charge < -0.3 is 9.47 Å². The van der Waals surface area contributed by atoms with Crippen molar-refractivity contribution in [3.8, 4) is 5.75 Å². The second-order valence-corrected chi connectivity index (χ2v) is 3.63. The van der Waals surface area contributed by atoms with Gasteiger partial charge in [-0.05, 0) is 19.1 Å². The van der Waals surface area contributed by atoms with Gasteiger partial charge >= 0.3 is 6.09 Å². The molecule has 4 heteroatoms. The topological polar surface area (TPSA) is 38.8 Å². The highest BCUT2D eigenvalue weighted by Gasteiger charge is 2.35. The average Bonchev–Trinajstić information content (AvgIpc) is 2.67. The van der Waals surface area contributed by atoms with E-state index in [0.717, 1.165) is 5.69 Å². The zero-order chi connectivity index (χ0) is 12.3. The highest BCUT2D eigenvalue weighted by molar-refractivity contribution is 5.91. The van der Waals surface area contributed by atoms with Gasteiger partial charge in [0, 0.05) is 6.42 Å². The van der Waals surface area contributed by atoms with E-state index < -0.39 is 0 Å². The molecule has 0 saturated heterocycles. The number of para-hydroxylation sites is 2. The van der Waals surface area contributed by atoms with E-state index in [9.17, 15) is 4.79 Å². The zero-order valence-corrected chi connectivity index (χ0v) is 9.76. The first-order valence-corrected chi connectivity index (χ1v) is 5.60. The molecule has 4 nitrogen and oxygen atoms in total. The van der Waals surface area contributed by atoms with Gasteiger partial charge in [0.2, 0.25) is 0 Å². The van der Waals surface area contributed by atoms with Crippen LogP contribution in [-0.4, -0.2) is 18.9 Å². The lowest BCUT2D eigenvalue weighted by molar-refractivity contribution is 0.143. The molecule has 0 saturated carbocycles. The summed E-state index contributed by atoms with van der Waals surface area (Å²) in [4.78, 5) is 13.4. The van der Waals surface area contributed by atoms with Crippen molar-refractivity contribution in [3.63, 3.8) is 0 Å². The fourth-order valence-corrected chi connectivity index (χ4v) is 1.82. The third kappa shape index (κ3) is 2.11. The Morgan fingerprint density at radius 3 is 3.06 bits per heavy atom. The van der Waals surface area contributed by atoms with E-state index in [1.54, 1.807) is 13.0 Å². The quantitative estimate of drug-likeness (QED) is 0.753. The molecule has 1 aromatic carbocycles. The van der Waals surface area contributed by atoms with E-state index in [1.807, 2.05) is 24.3 Å². The van der Waals surface area contributed by atoms with Crippen LogP contribution in [0.25, 0.3) is 0 Å². The molecular formula is C13H15NO3. The van der Waals surface area contributed by atoms with Crippen molar-refractivity contribution in [2.24, 2.45) is 0 Å². The van der Waals surface area contributed by atoms with Gasteiger partial charge in [0.15, 0.2) is 6.23 Å². The molecule has 1 aliphatic heterocycles. The molecule has 90 valence electrons. The Morgan fingerprint density at radius 1 is 1.59 bits per heavy atom. The number of benzene rings is 1. The van der Waals surface area contributed by atoms with E-state index in [1.165, 1.54) is 4.90 Å². The fraction of sp³-hybridized carbons (Fsp3) is 0.308. The third-order valence-electron chi connectivity index (χ3n) is 2.51. The van der Waals surface area contributed by atoms with Crippen molar-refractivity contribution >= 4 is 11.8 Å². The fourth-order valence-electron chi connectivity index (χ4n) is 1.82. The van der Waals surface area contributed by atoms with Crippen LogP contribution in [0.15, 0.2) is 36.9 Å². The molecule has 2 rings (SSSR count). The molecule has 1 unspecified atom stereocenters. The Hall–Kier alpha value is -1.97. The molecule has 1 heterocycles. The summed E-state index contributed by atoms with van der Waals surface area (Å²) in [6.45, 7) is 5.79. The van der Waals surface area contributed by atoms with Crippen molar-refractivity contribution < 1.29 is 14.3 Å². The smallest absolute Gasteiger partial charge is 0.417 e. The standard InChI is InChI=1S/C13H15NO3/c1-3-7-12-14(13(15)16-4-2)10-8-5-6-9-11(10)17-12/h3,5-6,8-9,12H,1,4,7H2,2H3. The minimum Gasteiger partial charge on any atom is -0.467 e. The Kier molecular flexibility index (Phi) is 3.32. The second kappa shape index (κ2) is 4.91. The first-order valence-electron chi connectivity index (χ1n) is 5.60. The van der Waals surface area contributed by atoms with Crippen LogP contribution in [0.1, 0.15) is 13.3 Å². The van der Waals surface area contributed by atoms with Crippen molar-refractivity contribution in [1.82, 2.24) is 0 Å². The number of anilines is 1. The lowest BCUT2D eigenvalue weighted by Gasteiger charge is -2.21. The molecular weight excluding hydrogens is 218 g/mol. The van der Waals surface area contributed by atoms with E-state index >= 15 is 0 Å². The minimum atomic E-state index is -0.385. The van der Waals surface area contributed by atoms with E-state index in [0.29, 0.717) is 18.8 Å². The van der Waals surface area contributed by atoms with E-state index in [4.69, 9.17) is 9.47 Å². The van der Waals surface area contributed by atoms with Gasteiger partial charge in [-0.1, -0.05) is 18.2 Å². The number of hydrogen-bond acceptors (Lipinski definition) is 3. The molecule has 1 aromatic rings. The number of hydrogen-bond donors (Lipinski definition) is 0. The van der Waals surface area contributed by atoms with Crippen LogP contribution in [-0.2, 0) is 4.74 Å². The summed E-state index contributed by atoms with van der Waals surface area (Å²) in [6, 6.07) is 7.42. The van der Waals surface area contributed by atoms with Crippen LogP contribution >= 0.6 is 0 Å². The summed E-state index contributed by atoms with van der Waals surface area (Å²) in [6.07, 6.45) is 1.55. The summed E-state index contributed by atoms with van der Waals surface area (Å²) >= 11 is 0. The van der Waals surface area contributed by atoms with Crippen molar-refractivity contribution in [2.75, 3.05) is 11.5 Å². The van der Waals surface area contributed by atoms with Gasteiger partial charge in [0.1, 0.15) is 5.75 Å². The third-order valence-corrected chi connectivity index (χ3v) is 2.51. The molecule has 0 radical (unpaired) electrons. The number of carbonyl (C=O) groups is 1. The number of amides is 1. The number of rotatable bonds is 3. The summed E-state index contributed by atoms with van der Waals surface area (Å²) in [5.41, 5.74) is 0.748. The van der Waals surface area contributed by atoms with Crippen LogP contribution in [0.4, 0.5) is 10.5 Å². The monoisotopic (exact) mass is 233 g/mol. The number of ether oxygens (including phenoxy) is 2. The molecule has 1 atom stereocenters. The first-order chi connectivity index (χ1) is 8.27. The molecule has 0 aromatic heterocycles. The van der Waals surface area contributed by atoms with Gasteiger partial charge in [-0.15, -0.1) is 6.58 Å². The summed E-state index contributed by atoms with van der Waals surface area (Å²) in [5.74, 6) is 0.701. The van der Waals surface area contributed by atoms with E-state index in [2.05, 4.69) is 6.58 Å². The van der Waals surface area contributed by atoms with Crippen LogP contribution in [0.3, 0.4) is 0 Å². The maximum absolute atomic E-state index is 11.9. The maximum Gasteiger partial charge on any atom is 0.417 e. The minimum absolute atomic E-state index is 0.346. The zero-order valence-electron chi connectivity index (χ0n) is 9.76. The average molecular weight is 233 g/mol. The number of carbonyl (C=O) groups excluding carboxylic acids is 1. The van der Waals surface area contributed by atoms with Crippen molar-refractivity contribution in [3.05, 3.63) is 36.9 Å². The van der Waals surface area contributed by atoms with Gasteiger partial charge in [0.25, 0.3) is 0 Å². The normalized spacial score (nSPS) is 17.2. The predicted octanol–water partition coefficient (Wildman–Crippen LogP) is 2.94. The molecule has 0 aliphatic carbocycles. The Labute approximate surface area is 100 Å². The molecule has 0 bridgehead atoms. The van der Waals surface area contributed by atoms with Crippen LogP contribution < -0.4 is 9.64 Å². The summed E-state index contributed by atoms with van der Waals surface area (Å²) < 4.78 is 10.7. The van der Waals surface area contributed by atoms with Gasteiger partial charge in [-0.2, -0.15) is 0 Å². The maximum atomic E-state index is 11.9. The Balaban J connectivity index is 2.29. The first kappa shape index (κ1) is 11.5. The summed E-state index contributed by atoms with van der Waals surface area (Å²) in [5, 5.41) is 0. The summed E-state index contributed by atoms with van der Waals surface area (Å²) in [7, 11) is 0. The van der Waals surface area contributed by atoms with Crippen molar-refractivity contribution in [2.45, 2.75) is 19.6 Å². The van der Waals surface area contributed by atoms with Crippen LogP contribution in [0.5, 0.6) is 5.75 Å². The number of nitrogens with zero attached hydrogens (tertiary/aromatic N) is 1. The highest BCUT2D eigenvalue weighted by Crippen LogP contribution is 2.38.